The Morgan fingerprint density at radius 3 is 2.46 bits per heavy atom. The summed E-state index contributed by atoms with van der Waals surface area (Å²) in [7, 11) is 0. The predicted octanol–water partition coefficient (Wildman–Crippen LogP) is 6.72. The van der Waals surface area contributed by atoms with Crippen LogP contribution in [0.3, 0.4) is 0 Å². The fourth-order valence-electron chi connectivity index (χ4n) is 4.43. The Bertz CT molecular complexity index is 1500. The van der Waals surface area contributed by atoms with Crippen LogP contribution in [-0.2, 0) is 24.3 Å². The molecule has 1 aliphatic heterocycles. The van der Waals surface area contributed by atoms with E-state index in [0.717, 1.165) is 52.8 Å². The van der Waals surface area contributed by atoms with Gasteiger partial charge in [0.15, 0.2) is 5.11 Å². The lowest BCUT2D eigenvalue weighted by atomic mass is 10.0. The van der Waals surface area contributed by atoms with Crippen LogP contribution in [0.2, 0.25) is 0 Å². The number of hydrogen-bond acceptors (Lipinski definition) is 6. The number of thioether (sulfide) groups is 1. The Morgan fingerprint density at radius 2 is 1.69 bits per heavy atom. The smallest absolute Gasteiger partial charge is 0.235 e. The lowest BCUT2D eigenvalue weighted by Crippen LogP contribution is -2.29. The van der Waals surface area contributed by atoms with E-state index in [-0.39, 0.29) is 11.7 Å². The van der Waals surface area contributed by atoms with Gasteiger partial charge in [0.25, 0.3) is 0 Å². The number of nitriles is 1. The highest BCUT2D eigenvalue weighted by molar-refractivity contribution is 8.00. The molecule has 3 N–H and O–H groups in total. The van der Waals surface area contributed by atoms with E-state index in [1.807, 2.05) is 60.7 Å². The summed E-state index contributed by atoms with van der Waals surface area (Å²) >= 11 is 8.38. The molecule has 196 valence electrons. The van der Waals surface area contributed by atoms with E-state index in [1.165, 1.54) is 28.7 Å². The first-order valence-corrected chi connectivity index (χ1v) is 14.7. The number of thiophene rings is 1. The van der Waals surface area contributed by atoms with Gasteiger partial charge >= 0.3 is 0 Å². The summed E-state index contributed by atoms with van der Waals surface area (Å²) in [4.78, 5) is 17.3. The fraction of sp³-hybridized carbons (Fsp3) is 0.167. The van der Waals surface area contributed by atoms with Gasteiger partial charge in [0.1, 0.15) is 11.1 Å². The molecule has 5 rings (SSSR count). The molecule has 2 heterocycles. The summed E-state index contributed by atoms with van der Waals surface area (Å²) in [6.45, 7) is 2.56. The third-order valence-corrected chi connectivity index (χ3v) is 8.57. The van der Waals surface area contributed by atoms with Gasteiger partial charge in [0.05, 0.1) is 11.3 Å². The maximum atomic E-state index is 12.8. The number of anilines is 3. The largest absolute Gasteiger partial charge is 0.332 e. The SMILES string of the molecule is N#Cc1c(NC(=O)CSc2cccc(NC(=S)Nc3ccccc3)c2)sc2c1CCN(Cc1ccccc1)C2. The molecular weight excluding hydrogens is 543 g/mol. The molecule has 0 atom stereocenters. The van der Waals surface area contributed by atoms with Gasteiger partial charge < -0.3 is 16.0 Å². The van der Waals surface area contributed by atoms with Gasteiger partial charge in [0.2, 0.25) is 5.91 Å². The highest BCUT2D eigenvalue weighted by Gasteiger charge is 2.25. The highest BCUT2D eigenvalue weighted by Crippen LogP contribution is 2.37. The fourth-order valence-corrected chi connectivity index (χ4v) is 6.68. The van der Waals surface area contributed by atoms with Crippen molar-refractivity contribution < 1.29 is 4.79 Å². The van der Waals surface area contributed by atoms with Crippen LogP contribution < -0.4 is 16.0 Å². The molecule has 6 nitrogen and oxygen atoms in total. The summed E-state index contributed by atoms with van der Waals surface area (Å²) in [6.07, 6.45) is 0.812. The minimum atomic E-state index is -0.129. The maximum absolute atomic E-state index is 12.8. The third kappa shape index (κ3) is 7.25. The molecule has 1 amide bonds. The Balaban J connectivity index is 1.16. The van der Waals surface area contributed by atoms with Crippen molar-refractivity contribution in [2.75, 3.05) is 28.2 Å². The van der Waals surface area contributed by atoms with Crippen LogP contribution in [0.25, 0.3) is 0 Å². The maximum Gasteiger partial charge on any atom is 0.235 e. The molecule has 0 saturated carbocycles. The minimum absolute atomic E-state index is 0.129. The van der Waals surface area contributed by atoms with E-state index in [1.54, 1.807) is 0 Å². The zero-order valence-electron chi connectivity index (χ0n) is 21.1. The van der Waals surface area contributed by atoms with Gasteiger partial charge in [0, 0.05) is 40.8 Å². The minimum Gasteiger partial charge on any atom is -0.332 e. The average Bonchev–Trinajstić information content (AvgIpc) is 3.29. The Hall–Kier alpha value is -3.68. The zero-order chi connectivity index (χ0) is 27.0. The number of thiocarbonyl (C=S) groups is 1. The Labute approximate surface area is 242 Å². The molecular formula is C30H27N5OS3. The van der Waals surface area contributed by atoms with E-state index < -0.39 is 0 Å². The van der Waals surface area contributed by atoms with E-state index in [0.29, 0.717) is 15.7 Å². The van der Waals surface area contributed by atoms with Gasteiger partial charge in [-0.25, -0.2) is 0 Å². The molecule has 9 heteroatoms. The number of hydrogen-bond donors (Lipinski definition) is 3. The lowest BCUT2D eigenvalue weighted by molar-refractivity contribution is -0.113. The van der Waals surface area contributed by atoms with Crippen molar-refractivity contribution in [3.8, 4) is 6.07 Å². The van der Waals surface area contributed by atoms with Crippen LogP contribution in [0.1, 0.15) is 21.6 Å². The van der Waals surface area contributed by atoms with Crippen LogP contribution in [0.5, 0.6) is 0 Å². The van der Waals surface area contributed by atoms with Crippen molar-refractivity contribution in [1.82, 2.24) is 4.90 Å². The zero-order valence-corrected chi connectivity index (χ0v) is 23.6. The number of fused-ring (bicyclic) bond motifs is 1. The molecule has 3 aromatic carbocycles. The molecule has 0 fully saturated rings. The normalized spacial score (nSPS) is 12.7. The van der Waals surface area contributed by atoms with Gasteiger partial charge in [-0.05, 0) is 60.1 Å². The molecule has 0 saturated heterocycles. The summed E-state index contributed by atoms with van der Waals surface area (Å²) in [5.74, 6) is 0.111. The second-order valence-electron chi connectivity index (χ2n) is 9.08. The van der Waals surface area contributed by atoms with Crippen LogP contribution in [0.4, 0.5) is 16.4 Å². The number of amides is 1. The number of carbonyl (C=O) groups is 1. The lowest BCUT2D eigenvalue weighted by Gasteiger charge is -2.26. The second kappa shape index (κ2) is 12.9. The predicted molar refractivity (Wildman–Crippen MR) is 165 cm³/mol. The summed E-state index contributed by atoms with van der Waals surface area (Å²) in [5.41, 5.74) is 4.71. The van der Waals surface area contributed by atoms with Crippen molar-refractivity contribution in [2.45, 2.75) is 24.4 Å². The molecule has 0 bridgehead atoms. The molecule has 1 aliphatic rings. The summed E-state index contributed by atoms with van der Waals surface area (Å²) in [6, 6.07) is 30.2. The monoisotopic (exact) mass is 569 g/mol. The number of carbonyl (C=O) groups excluding carboxylic acids is 1. The highest BCUT2D eigenvalue weighted by atomic mass is 32.2. The molecule has 0 unspecified atom stereocenters. The van der Waals surface area contributed by atoms with Crippen LogP contribution in [-0.4, -0.2) is 28.2 Å². The summed E-state index contributed by atoms with van der Waals surface area (Å²) < 4.78 is 0. The molecule has 0 aliphatic carbocycles. The van der Waals surface area contributed by atoms with Crippen molar-refractivity contribution in [3.63, 3.8) is 0 Å². The van der Waals surface area contributed by atoms with Gasteiger partial charge in [-0.1, -0.05) is 54.6 Å². The van der Waals surface area contributed by atoms with Gasteiger partial charge in [-0.15, -0.1) is 23.1 Å². The number of benzene rings is 3. The van der Waals surface area contributed by atoms with Crippen molar-refractivity contribution in [3.05, 3.63) is 106 Å². The topological polar surface area (TPSA) is 80.2 Å². The Kier molecular flexibility index (Phi) is 8.91. The third-order valence-electron chi connectivity index (χ3n) is 6.24. The quantitative estimate of drug-likeness (QED) is 0.161. The molecule has 4 aromatic rings. The first-order chi connectivity index (χ1) is 19.1. The molecule has 39 heavy (non-hydrogen) atoms. The van der Waals surface area contributed by atoms with Crippen LogP contribution >= 0.6 is 35.3 Å². The number of para-hydroxylation sites is 1. The van der Waals surface area contributed by atoms with E-state index in [4.69, 9.17) is 12.2 Å². The molecule has 0 radical (unpaired) electrons. The first kappa shape index (κ1) is 26.9. The second-order valence-corrected chi connectivity index (χ2v) is 11.6. The summed E-state index contributed by atoms with van der Waals surface area (Å²) in [5, 5.41) is 20.3. The number of nitrogens with zero attached hydrogens (tertiary/aromatic N) is 2. The average molecular weight is 570 g/mol. The van der Waals surface area contributed by atoms with E-state index in [2.05, 4.69) is 51.2 Å². The number of nitrogens with one attached hydrogen (secondary N) is 3. The van der Waals surface area contributed by atoms with Crippen LogP contribution in [0.15, 0.2) is 89.8 Å². The Morgan fingerprint density at radius 1 is 0.974 bits per heavy atom. The molecule has 0 spiro atoms. The van der Waals surface area contributed by atoms with Gasteiger partial charge in [-0.2, -0.15) is 5.26 Å². The van der Waals surface area contributed by atoms with E-state index in [9.17, 15) is 10.1 Å². The standard InChI is InChI=1S/C30H27N5OS3/c31-17-26-25-14-15-35(18-21-8-3-1-4-9-21)19-27(25)39-29(26)34-28(36)20-38-24-13-7-12-23(16-24)33-30(37)32-22-10-5-2-6-11-22/h1-13,16H,14-15,18-20H2,(H,34,36)(H2,32,33,37). The van der Waals surface area contributed by atoms with Crippen LogP contribution in [0, 0.1) is 11.3 Å². The molecule has 1 aromatic heterocycles. The van der Waals surface area contributed by atoms with Crippen molar-refractivity contribution in [1.29, 1.82) is 5.26 Å². The van der Waals surface area contributed by atoms with E-state index >= 15 is 0 Å². The van der Waals surface area contributed by atoms with Crippen molar-refractivity contribution in [2.24, 2.45) is 0 Å². The number of rotatable bonds is 8. The van der Waals surface area contributed by atoms with Gasteiger partial charge in [-0.3, -0.25) is 9.69 Å². The first-order valence-electron chi connectivity index (χ1n) is 12.5. The van der Waals surface area contributed by atoms with Crippen molar-refractivity contribution >= 4 is 62.7 Å².